The van der Waals surface area contributed by atoms with Crippen molar-refractivity contribution in [2.45, 2.75) is 6.18 Å². The van der Waals surface area contributed by atoms with Gasteiger partial charge < -0.3 is 10.2 Å². The first-order chi connectivity index (χ1) is 9.38. The summed E-state index contributed by atoms with van der Waals surface area (Å²) in [6.45, 7) is 0. The molecule has 0 bridgehead atoms. The van der Waals surface area contributed by atoms with Crippen LogP contribution in [-0.4, -0.2) is 0 Å². The quantitative estimate of drug-likeness (QED) is 0.780. The first kappa shape index (κ1) is 13.1. The molecule has 3 rings (SSSR count). The number of alkyl halides is 3. The van der Waals surface area contributed by atoms with Crippen molar-refractivity contribution in [3.8, 4) is 0 Å². The Kier molecular flexibility index (Phi) is 2.80. The van der Waals surface area contributed by atoms with Crippen molar-refractivity contribution in [2.24, 2.45) is 0 Å². The first-order valence-electron chi connectivity index (χ1n) is 5.82. The van der Waals surface area contributed by atoms with Crippen LogP contribution in [0, 0.1) is 0 Å². The summed E-state index contributed by atoms with van der Waals surface area (Å²) in [6.07, 6.45) is -4.42. The second-order valence-corrected chi connectivity index (χ2v) is 6.61. The van der Waals surface area contributed by atoms with Gasteiger partial charge in [0.2, 0.25) is 0 Å². The van der Waals surface area contributed by atoms with Gasteiger partial charge >= 0.3 is 6.18 Å². The normalized spacial score (nSPS) is 20.9. The highest BCUT2D eigenvalue weighted by atomic mass is 31.2. The molecule has 2 aromatic carbocycles. The molecule has 0 amide bonds. The van der Waals surface area contributed by atoms with E-state index >= 15 is 0 Å². The topological polar surface area (TPSA) is 41.1 Å². The zero-order chi connectivity index (χ0) is 14.4. The van der Waals surface area contributed by atoms with Crippen LogP contribution in [0.2, 0.25) is 0 Å². The van der Waals surface area contributed by atoms with E-state index in [0.29, 0.717) is 11.0 Å². The summed E-state index contributed by atoms with van der Waals surface area (Å²) in [4.78, 5) is 0. The molecule has 2 aromatic rings. The van der Waals surface area contributed by atoms with E-state index in [1.807, 2.05) is 0 Å². The second kappa shape index (κ2) is 4.28. The van der Waals surface area contributed by atoms with Crippen LogP contribution in [0.3, 0.4) is 0 Å². The number of nitrogens with one attached hydrogen (secondary N) is 2. The van der Waals surface area contributed by atoms with Crippen LogP contribution in [0.5, 0.6) is 0 Å². The fraction of sp³-hybridized carbons (Fsp3) is 0.0769. The van der Waals surface area contributed by atoms with E-state index in [0.717, 1.165) is 12.1 Å². The molecule has 104 valence electrons. The Balaban J connectivity index is 1.99. The Morgan fingerprint density at radius 3 is 2.20 bits per heavy atom. The summed E-state index contributed by atoms with van der Waals surface area (Å²) < 4.78 is 50.7. The third kappa shape index (κ3) is 2.16. The third-order valence-electron chi connectivity index (χ3n) is 3.02. The molecule has 7 heteroatoms. The Labute approximate surface area is 113 Å². The van der Waals surface area contributed by atoms with E-state index in [1.165, 1.54) is 6.07 Å². The molecule has 0 aromatic heterocycles. The van der Waals surface area contributed by atoms with Crippen molar-refractivity contribution in [1.29, 1.82) is 0 Å². The van der Waals surface area contributed by atoms with Crippen molar-refractivity contribution in [3.63, 3.8) is 0 Å². The molecule has 1 unspecified atom stereocenters. The van der Waals surface area contributed by atoms with Crippen molar-refractivity contribution in [1.82, 2.24) is 0 Å². The van der Waals surface area contributed by atoms with Gasteiger partial charge in [0.15, 0.2) is 0 Å². The lowest BCUT2D eigenvalue weighted by atomic mass is 10.2. The Hall–Kier alpha value is -1.94. The molecule has 0 aliphatic carbocycles. The summed E-state index contributed by atoms with van der Waals surface area (Å²) in [5.41, 5.74) is -0.163. The van der Waals surface area contributed by atoms with E-state index in [2.05, 4.69) is 10.2 Å². The number of rotatable bonds is 1. The molecule has 0 spiro atoms. The van der Waals surface area contributed by atoms with E-state index < -0.39 is 19.2 Å². The molecule has 0 saturated heterocycles. The molecule has 1 aliphatic heterocycles. The predicted octanol–water partition coefficient (Wildman–Crippen LogP) is 4.06. The molecule has 1 heterocycles. The first-order valence-corrected chi connectivity index (χ1v) is 7.53. The number of benzene rings is 2. The summed E-state index contributed by atoms with van der Waals surface area (Å²) in [5.74, 6) is 0. The summed E-state index contributed by atoms with van der Waals surface area (Å²) >= 11 is 0. The minimum absolute atomic E-state index is 0.201. The predicted molar refractivity (Wildman–Crippen MR) is 72.4 cm³/mol. The van der Waals surface area contributed by atoms with Gasteiger partial charge in [0, 0.05) is 0 Å². The van der Waals surface area contributed by atoms with Crippen LogP contribution in [0.25, 0.3) is 0 Å². The third-order valence-corrected chi connectivity index (χ3v) is 5.16. The van der Waals surface area contributed by atoms with E-state index in [4.69, 9.17) is 0 Å². The molecule has 0 saturated carbocycles. The van der Waals surface area contributed by atoms with Crippen molar-refractivity contribution >= 4 is 24.1 Å². The molecule has 0 fully saturated rings. The minimum Gasteiger partial charge on any atom is -0.315 e. The van der Waals surface area contributed by atoms with Crippen LogP contribution in [0.15, 0.2) is 48.5 Å². The monoisotopic (exact) mass is 298 g/mol. The number of halogens is 3. The molecule has 0 radical (unpaired) electrons. The Bertz CT molecular complexity index is 701. The van der Waals surface area contributed by atoms with Crippen LogP contribution in [0.4, 0.5) is 24.5 Å². The number of fused-ring (bicyclic) bond motifs is 1. The highest BCUT2D eigenvalue weighted by Crippen LogP contribution is 2.53. The highest BCUT2D eigenvalue weighted by Gasteiger charge is 2.36. The molecule has 1 atom stereocenters. The smallest absolute Gasteiger partial charge is 0.315 e. The number of hydrogen-bond acceptors (Lipinski definition) is 1. The van der Waals surface area contributed by atoms with Crippen molar-refractivity contribution in [2.75, 3.05) is 10.2 Å². The Morgan fingerprint density at radius 1 is 0.900 bits per heavy atom. The summed E-state index contributed by atoms with van der Waals surface area (Å²) in [7, 11) is -3.14. The maximum absolute atomic E-state index is 12.7. The maximum Gasteiger partial charge on any atom is 0.416 e. The fourth-order valence-electron chi connectivity index (χ4n) is 2.04. The Morgan fingerprint density at radius 2 is 1.55 bits per heavy atom. The molecular formula is C13H10F3N2OP. The van der Waals surface area contributed by atoms with Crippen LogP contribution >= 0.6 is 7.44 Å². The van der Waals surface area contributed by atoms with Crippen molar-refractivity contribution < 1.29 is 17.7 Å². The lowest BCUT2D eigenvalue weighted by molar-refractivity contribution is -0.137. The highest BCUT2D eigenvalue weighted by molar-refractivity contribution is 7.74. The minimum atomic E-state index is -4.42. The molecular weight excluding hydrogens is 288 g/mol. The van der Waals surface area contributed by atoms with Gasteiger partial charge in [-0.25, -0.2) is 0 Å². The number of anilines is 2. The molecule has 20 heavy (non-hydrogen) atoms. The zero-order valence-electron chi connectivity index (χ0n) is 10.1. The van der Waals surface area contributed by atoms with Crippen molar-refractivity contribution in [3.05, 3.63) is 54.1 Å². The van der Waals surface area contributed by atoms with Crippen LogP contribution < -0.4 is 15.5 Å². The van der Waals surface area contributed by atoms with Crippen LogP contribution in [0.1, 0.15) is 5.56 Å². The van der Waals surface area contributed by atoms with Gasteiger partial charge in [-0.05, 0) is 30.3 Å². The lowest BCUT2D eigenvalue weighted by Crippen LogP contribution is -2.12. The number of hydrogen-bond donors (Lipinski definition) is 2. The van der Waals surface area contributed by atoms with Gasteiger partial charge in [0.25, 0.3) is 7.44 Å². The van der Waals surface area contributed by atoms with Gasteiger partial charge in [0.05, 0.1) is 22.2 Å². The van der Waals surface area contributed by atoms with Gasteiger partial charge in [-0.1, -0.05) is 18.2 Å². The van der Waals surface area contributed by atoms with Gasteiger partial charge in [-0.2, -0.15) is 13.2 Å². The zero-order valence-corrected chi connectivity index (χ0v) is 11.0. The van der Waals surface area contributed by atoms with E-state index in [-0.39, 0.29) is 5.69 Å². The SMILES string of the molecule is O=P1(c2ccccc2)Nc2ccc(C(F)(F)F)cc2N1. The fourth-order valence-corrected chi connectivity index (χ4v) is 4.01. The summed E-state index contributed by atoms with van der Waals surface area (Å²) in [6, 6.07) is 11.8. The average Bonchev–Trinajstić information content (AvgIpc) is 2.75. The van der Waals surface area contributed by atoms with Gasteiger partial charge in [0.1, 0.15) is 0 Å². The molecule has 1 aliphatic rings. The standard InChI is InChI=1S/C13H10F3N2OP/c14-13(15,16)9-6-7-11-12(8-9)18-20(19,17-11)10-4-2-1-3-5-10/h1-8H,(H2,17,18,19). The largest absolute Gasteiger partial charge is 0.416 e. The van der Waals surface area contributed by atoms with Gasteiger partial charge in [-0.3, -0.25) is 4.57 Å². The average molecular weight is 298 g/mol. The van der Waals surface area contributed by atoms with Gasteiger partial charge in [-0.15, -0.1) is 0 Å². The maximum atomic E-state index is 12.7. The summed E-state index contributed by atoms with van der Waals surface area (Å²) in [5, 5.41) is 5.99. The van der Waals surface area contributed by atoms with E-state index in [1.54, 1.807) is 30.3 Å². The second-order valence-electron chi connectivity index (χ2n) is 4.43. The molecule has 2 N–H and O–H groups in total. The molecule has 3 nitrogen and oxygen atoms in total. The lowest BCUT2D eigenvalue weighted by Gasteiger charge is -2.12. The van der Waals surface area contributed by atoms with E-state index in [9.17, 15) is 17.7 Å². The van der Waals surface area contributed by atoms with Crippen LogP contribution in [-0.2, 0) is 10.7 Å².